The standard InChI is InChI=1S/C12H25NO5S/c1-12(2,3)10-19(15,16)13(8-9-17-4)7-6-11(14)18-5/h6-10H2,1-5H3. The fourth-order valence-corrected chi connectivity index (χ4v) is 3.54. The fourth-order valence-electron chi connectivity index (χ4n) is 1.54. The molecule has 0 rings (SSSR count). The van der Waals surface area contributed by atoms with E-state index in [1.165, 1.54) is 18.5 Å². The van der Waals surface area contributed by atoms with Gasteiger partial charge in [0.05, 0.1) is 25.9 Å². The molecule has 7 heteroatoms. The Hall–Kier alpha value is -0.660. The van der Waals surface area contributed by atoms with Crippen molar-refractivity contribution in [2.75, 3.05) is 39.7 Å². The molecule has 0 aliphatic rings. The molecule has 0 unspecified atom stereocenters. The summed E-state index contributed by atoms with van der Waals surface area (Å²) in [6.07, 6.45) is 0.0452. The zero-order valence-corrected chi connectivity index (χ0v) is 13.2. The predicted molar refractivity (Wildman–Crippen MR) is 73.3 cm³/mol. The molecule has 0 heterocycles. The minimum Gasteiger partial charge on any atom is -0.469 e. The van der Waals surface area contributed by atoms with Gasteiger partial charge in [-0.2, -0.15) is 4.31 Å². The van der Waals surface area contributed by atoms with Gasteiger partial charge in [-0.05, 0) is 5.41 Å². The van der Waals surface area contributed by atoms with Crippen LogP contribution in [0, 0.1) is 5.41 Å². The Morgan fingerprint density at radius 1 is 1.16 bits per heavy atom. The Morgan fingerprint density at radius 3 is 2.16 bits per heavy atom. The van der Waals surface area contributed by atoms with Crippen LogP contribution in [-0.4, -0.2) is 58.4 Å². The van der Waals surface area contributed by atoms with E-state index < -0.39 is 16.0 Å². The Labute approximate surface area is 116 Å². The van der Waals surface area contributed by atoms with Crippen LogP contribution in [0.1, 0.15) is 27.2 Å². The van der Waals surface area contributed by atoms with Crippen molar-refractivity contribution in [2.45, 2.75) is 27.2 Å². The second-order valence-electron chi connectivity index (χ2n) is 5.53. The summed E-state index contributed by atoms with van der Waals surface area (Å²) in [5, 5.41) is 0. The van der Waals surface area contributed by atoms with Crippen molar-refractivity contribution in [1.29, 1.82) is 0 Å². The van der Waals surface area contributed by atoms with Gasteiger partial charge in [0.1, 0.15) is 0 Å². The smallest absolute Gasteiger partial charge is 0.306 e. The van der Waals surface area contributed by atoms with Crippen molar-refractivity contribution in [1.82, 2.24) is 4.31 Å². The molecule has 0 N–H and O–H groups in total. The van der Waals surface area contributed by atoms with Gasteiger partial charge >= 0.3 is 5.97 Å². The highest BCUT2D eigenvalue weighted by Crippen LogP contribution is 2.19. The maximum absolute atomic E-state index is 12.3. The van der Waals surface area contributed by atoms with E-state index >= 15 is 0 Å². The molecule has 0 aromatic carbocycles. The minimum absolute atomic E-state index is 0.0326. The number of hydrogen-bond acceptors (Lipinski definition) is 5. The van der Waals surface area contributed by atoms with Gasteiger partial charge in [0.15, 0.2) is 0 Å². The van der Waals surface area contributed by atoms with Gasteiger partial charge in [-0.25, -0.2) is 8.42 Å². The highest BCUT2D eigenvalue weighted by Gasteiger charge is 2.28. The molecule has 0 aromatic rings. The van der Waals surface area contributed by atoms with E-state index in [2.05, 4.69) is 4.74 Å². The number of hydrogen-bond donors (Lipinski definition) is 0. The lowest BCUT2D eigenvalue weighted by atomic mass is 10.0. The molecule has 0 radical (unpaired) electrons. The number of carbonyl (C=O) groups excluding carboxylic acids is 1. The summed E-state index contributed by atoms with van der Waals surface area (Å²) in [6, 6.07) is 0. The number of esters is 1. The molecule has 0 fully saturated rings. The average molecular weight is 295 g/mol. The van der Waals surface area contributed by atoms with Crippen LogP contribution in [0.2, 0.25) is 0 Å². The van der Waals surface area contributed by atoms with E-state index in [0.717, 1.165) is 0 Å². The molecule has 0 saturated heterocycles. The molecule has 0 atom stereocenters. The maximum atomic E-state index is 12.3. The Kier molecular flexibility index (Phi) is 7.54. The number of carbonyl (C=O) groups is 1. The number of ether oxygens (including phenoxy) is 2. The molecular formula is C12H25NO5S. The number of sulfonamides is 1. The molecule has 0 saturated carbocycles. The van der Waals surface area contributed by atoms with Crippen LogP contribution in [0.15, 0.2) is 0 Å². The van der Waals surface area contributed by atoms with Gasteiger partial charge in [0.2, 0.25) is 10.0 Å². The third-order valence-corrected chi connectivity index (χ3v) is 4.73. The van der Waals surface area contributed by atoms with Crippen molar-refractivity contribution in [3.8, 4) is 0 Å². The number of methoxy groups -OCH3 is 2. The highest BCUT2D eigenvalue weighted by molar-refractivity contribution is 7.89. The van der Waals surface area contributed by atoms with Gasteiger partial charge in [0, 0.05) is 20.2 Å². The molecule has 0 bridgehead atoms. The van der Waals surface area contributed by atoms with Crippen LogP contribution in [0.25, 0.3) is 0 Å². The number of rotatable bonds is 8. The monoisotopic (exact) mass is 295 g/mol. The van der Waals surface area contributed by atoms with Crippen LogP contribution >= 0.6 is 0 Å². The van der Waals surface area contributed by atoms with Crippen molar-refractivity contribution in [3.05, 3.63) is 0 Å². The second-order valence-corrected chi connectivity index (χ2v) is 7.50. The van der Waals surface area contributed by atoms with Crippen molar-refractivity contribution >= 4 is 16.0 Å². The molecule has 0 amide bonds. The molecule has 0 aliphatic carbocycles. The van der Waals surface area contributed by atoms with Gasteiger partial charge < -0.3 is 9.47 Å². The Balaban J connectivity index is 4.76. The Morgan fingerprint density at radius 2 is 1.74 bits per heavy atom. The summed E-state index contributed by atoms with van der Waals surface area (Å²) < 4.78 is 35.3. The van der Waals surface area contributed by atoms with E-state index in [0.29, 0.717) is 6.61 Å². The molecule has 6 nitrogen and oxygen atoms in total. The average Bonchev–Trinajstić information content (AvgIpc) is 2.24. The van der Waals surface area contributed by atoms with Crippen molar-refractivity contribution in [2.24, 2.45) is 5.41 Å². The first-order chi connectivity index (χ1) is 8.62. The first kappa shape index (κ1) is 18.3. The largest absolute Gasteiger partial charge is 0.469 e. The van der Waals surface area contributed by atoms with Crippen LogP contribution in [0.3, 0.4) is 0 Å². The quantitative estimate of drug-likeness (QED) is 0.621. The van der Waals surface area contributed by atoms with Crippen molar-refractivity contribution < 1.29 is 22.7 Å². The summed E-state index contributed by atoms with van der Waals surface area (Å²) in [7, 11) is -0.619. The van der Waals surface area contributed by atoms with E-state index in [-0.39, 0.29) is 30.7 Å². The maximum Gasteiger partial charge on any atom is 0.306 e. The van der Waals surface area contributed by atoms with E-state index in [9.17, 15) is 13.2 Å². The summed E-state index contributed by atoms with van der Waals surface area (Å²) in [6.45, 7) is 6.24. The summed E-state index contributed by atoms with van der Waals surface area (Å²) in [5.74, 6) is -0.390. The minimum atomic E-state index is -3.41. The van der Waals surface area contributed by atoms with Gasteiger partial charge in [-0.15, -0.1) is 0 Å². The van der Waals surface area contributed by atoms with Gasteiger partial charge in [-0.1, -0.05) is 20.8 Å². The van der Waals surface area contributed by atoms with Crippen LogP contribution in [0.5, 0.6) is 0 Å². The second kappa shape index (κ2) is 7.81. The van der Waals surface area contributed by atoms with Gasteiger partial charge in [-0.3, -0.25) is 4.79 Å². The van der Waals surface area contributed by atoms with E-state index in [4.69, 9.17) is 4.74 Å². The molecule has 114 valence electrons. The molecule has 0 aliphatic heterocycles. The summed E-state index contributed by atoms with van der Waals surface area (Å²) in [4.78, 5) is 11.1. The topological polar surface area (TPSA) is 72.9 Å². The van der Waals surface area contributed by atoms with Crippen LogP contribution in [0.4, 0.5) is 0 Å². The molecule has 0 aromatic heterocycles. The lowest BCUT2D eigenvalue weighted by molar-refractivity contribution is -0.140. The predicted octanol–water partition coefficient (Wildman–Crippen LogP) is 0.874. The normalized spacial score (nSPS) is 12.7. The zero-order valence-electron chi connectivity index (χ0n) is 12.4. The first-order valence-corrected chi connectivity index (χ1v) is 7.77. The fraction of sp³-hybridized carbons (Fsp3) is 0.917. The lowest BCUT2D eigenvalue weighted by Gasteiger charge is -2.26. The van der Waals surface area contributed by atoms with Crippen LogP contribution < -0.4 is 0 Å². The summed E-state index contributed by atoms with van der Waals surface area (Å²) in [5.41, 5.74) is -0.338. The van der Waals surface area contributed by atoms with Crippen molar-refractivity contribution in [3.63, 3.8) is 0 Å². The Bertz CT molecular complexity index is 372. The zero-order chi connectivity index (χ0) is 15.1. The SMILES string of the molecule is COCCN(CCC(=O)OC)S(=O)(=O)CC(C)(C)C. The van der Waals surface area contributed by atoms with Crippen LogP contribution in [-0.2, 0) is 24.3 Å². The third-order valence-electron chi connectivity index (χ3n) is 2.35. The highest BCUT2D eigenvalue weighted by atomic mass is 32.2. The molecular weight excluding hydrogens is 270 g/mol. The third kappa shape index (κ3) is 8.18. The number of nitrogens with zero attached hydrogens (tertiary/aromatic N) is 1. The lowest BCUT2D eigenvalue weighted by Crippen LogP contribution is -2.40. The summed E-state index contributed by atoms with van der Waals surface area (Å²) >= 11 is 0. The van der Waals surface area contributed by atoms with E-state index in [1.807, 2.05) is 20.8 Å². The van der Waals surface area contributed by atoms with E-state index in [1.54, 1.807) is 0 Å². The van der Waals surface area contributed by atoms with Gasteiger partial charge in [0.25, 0.3) is 0 Å². The first-order valence-electron chi connectivity index (χ1n) is 6.16. The molecule has 19 heavy (non-hydrogen) atoms. The molecule has 0 spiro atoms.